The summed E-state index contributed by atoms with van der Waals surface area (Å²) < 4.78 is 4.39. The number of esters is 1. The molecule has 0 rings (SSSR count). The van der Waals surface area contributed by atoms with Crippen LogP contribution in [0.5, 0.6) is 0 Å². The summed E-state index contributed by atoms with van der Waals surface area (Å²) in [6, 6.07) is 0. The highest BCUT2D eigenvalue weighted by Gasteiger charge is 2.34. The highest BCUT2D eigenvalue weighted by molar-refractivity contribution is 5.78. The third-order valence-electron chi connectivity index (χ3n) is 1.72. The first-order valence-corrected chi connectivity index (χ1v) is 3.23. The minimum absolute atomic E-state index is 0.125. The van der Waals surface area contributed by atoms with Gasteiger partial charge in [-0.05, 0) is 12.8 Å². The van der Waals surface area contributed by atoms with Crippen molar-refractivity contribution >= 4 is 5.97 Å². The maximum absolute atomic E-state index is 10.8. The molecule has 1 atom stereocenters. The second-order valence-corrected chi connectivity index (χ2v) is 2.79. The molecule has 0 aromatic rings. The average molecular weight is 146 g/mol. The summed E-state index contributed by atoms with van der Waals surface area (Å²) in [6.45, 7) is 4.97. The van der Waals surface area contributed by atoms with Crippen LogP contribution < -0.4 is 0 Å². The minimum Gasteiger partial charge on any atom is -0.467 e. The van der Waals surface area contributed by atoms with Crippen molar-refractivity contribution in [2.24, 2.45) is 5.92 Å². The number of hydrogen-bond acceptors (Lipinski definition) is 3. The topological polar surface area (TPSA) is 46.5 Å². The summed E-state index contributed by atoms with van der Waals surface area (Å²) in [4.78, 5) is 10.8. The number of hydrogen-bond donors (Lipinski definition) is 1. The maximum Gasteiger partial charge on any atom is 0.337 e. The van der Waals surface area contributed by atoms with Gasteiger partial charge in [0.25, 0.3) is 0 Å². The average Bonchev–Trinajstić information content (AvgIpc) is 1.86. The van der Waals surface area contributed by atoms with E-state index in [1.54, 1.807) is 13.8 Å². The van der Waals surface area contributed by atoms with E-state index in [-0.39, 0.29) is 5.92 Å². The Balaban J connectivity index is 4.24. The molecule has 3 nitrogen and oxygen atoms in total. The number of carbonyl (C=O) groups is 1. The number of methoxy groups -OCH3 is 1. The van der Waals surface area contributed by atoms with Gasteiger partial charge >= 0.3 is 5.97 Å². The summed E-state index contributed by atoms with van der Waals surface area (Å²) in [5.41, 5.74) is -1.35. The smallest absolute Gasteiger partial charge is 0.337 e. The molecule has 0 fully saturated rings. The Morgan fingerprint density at radius 3 is 2.10 bits per heavy atom. The quantitative estimate of drug-likeness (QED) is 0.579. The van der Waals surface area contributed by atoms with Gasteiger partial charge in [-0.15, -0.1) is 0 Å². The fourth-order valence-electron chi connectivity index (χ4n) is 0.442. The van der Waals surface area contributed by atoms with E-state index in [0.717, 1.165) is 0 Å². The Labute approximate surface area is 61.0 Å². The monoisotopic (exact) mass is 146 g/mol. The molecule has 0 aromatic carbocycles. The molecule has 0 bridgehead atoms. The molecule has 0 saturated carbocycles. The van der Waals surface area contributed by atoms with Crippen LogP contribution in [0.15, 0.2) is 0 Å². The predicted molar refractivity (Wildman–Crippen MR) is 37.5 cm³/mol. The molecule has 0 aliphatic rings. The number of rotatable bonds is 2. The lowest BCUT2D eigenvalue weighted by atomic mass is 9.93. The van der Waals surface area contributed by atoms with E-state index in [0.29, 0.717) is 0 Å². The molecule has 0 radical (unpaired) electrons. The highest BCUT2D eigenvalue weighted by atomic mass is 16.5. The largest absolute Gasteiger partial charge is 0.467 e. The Bertz CT molecular complexity index is 127. The number of carbonyl (C=O) groups excluding carboxylic acids is 1. The molecule has 0 spiro atoms. The van der Waals surface area contributed by atoms with Crippen molar-refractivity contribution in [1.82, 2.24) is 0 Å². The van der Waals surface area contributed by atoms with Gasteiger partial charge in [-0.3, -0.25) is 0 Å². The van der Waals surface area contributed by atoms with Gasteiger partial charge in [0.1, 0.15) is 0 Å². The van der Waals surface area contributed by atoms with Gasteiger partial charge in [0.05, 0.1) is 7.11 Å². The number of ether oxygens (including phenoxy) is 1. The summed E-state index contributed by atoms with van der Waals surface area (Å²) in [6.07, 6.45) is 0. The van der Waals surface area contributed by atoms with Crippen LogP contribution in [0.3, 0.4) is 0 Å². The van der Waals surface area contributed by atoms with Crippen molar-refractivity contribution in [2.75, 3.05) is 7.11 Å². The molecule has 0 aliphatic carbocycles. The fourth-order valence-corrected chi connectivity index (χ4v) is 0.442. The summed E-state index contributed by atoms with van der Waals surface area (Å²) in [7, 11) is 1.26. The first-order chi connectivity index (χ1) is 4.42. The third-order valence-corrected chi connectivity index (χ3v) is 1.72. The summed E-state index contributed by atoms with van der Waals surface area (Å²) in [5.74, 6) is -0.706. The van der Waals surface area contributed by atoms with Crippen LogP contribution in [0.1, 0.15) is 20.8 Å². The lowest BCUT2D eigenvalue weighted by molar-refractivity contribution is -0.164. The van der Waals surface area contributed by atoms with Crippen molar-refractivity contribution in [2.45, 2.75) is 26.4 Å². The minimum atomic E-state index is -1.35. The zero-order valence-electron chi connectivity index (χ0n) is 6.84. The van der Waals surface area contributed by atoms with Gasteiger partial charge in [0.2, 0.25) is 0 Å². The fraction of sp³-hybridized carbons (Fsp3) is 0.857. The van der Waals surface area contributed by atoms with Gasteiger partial charge in [-0.2, -0.15) is 0 Å². The van der Waals surface area contributed by atoms with Crippen LogP contribution in [0.2, 0.25) is 0 Å². The first kappa shape index (κ1) is 9.43. The first-order valence-electron chi connectivity index (χ1n) is 3.23. The van der Waals surface area contributed by atoms with Crippen LogP contribution in [-0.4, -0.2) is 23.8 Å². The molecule has 0 aromatic heterocycles. The van der Waals surface area contributed by atoms with E-state index in [2.05, 4.69) is 4.74 Å². The highest BCUT2D eigenvalue weighted by Crippen LogP contribution is 2.16. The Kier molecular flexibility index (Phi) is 2.84. The third kappa shape index (κ3) is 1.70. The molecule has 1 unspecified atom stereocenters. The molecular formula is C7H14O3. The molecule has 0 aliphatic heterocycles. The van der Waals surface area contributed by atoms with Crippen molar-refractivity contribution in [3.63, 3.8) is 0 Å². The Morgan fingerprint density at radius 1 is 1.60 bits per heavy atom. The van der Waals surface area contributed by atoms with E-state index in [9.17, 15) is 9.90 Å². The molecule has 0 heterocycles. The van der Waals surface area contributed by atoms with Gasteiger partial charge in [-0.25, -0.2) is 4.79 Å². The van der Waals surface area contributed by atoms with Gasteiger partial charge in [-0.1, -0.05) is 13.8 Å². The van der Waals surface area contributed by atoms with Crippen molar-refractivity contribution in [3.05, 3.63) is 0 Å². The van der Waals surface area contributed by atoms with Crippen LogP contribution in [0, 0.1) is 5.92 Å². The summed E-state index contributed by atoms with van der Waals surface area (Å²) >= 11 is 0. The van der Waals surface area contributed by atoms with Crippen LogP contribution in [-0.2, 0) is 9.53 Å². The molecule has 3 heteroatoms. The van der Waals surface area contributed by atoms with E-state index >= 15 is 0 Å². The molecule has 60 valence electrons. The van der Waals surface area contributed by atoms with Gasteiger partial charge in [0.15, 0.2) is 5.60 Å². The van der Waals surface area contributed by atoms with Gasteiger partial charge in [0, 0.05) is 0 Å². The van der Waals surface area contributed by atoms with Gasteiger partial charge < -0.3 is 9.84 Å². The van der Waals surface area contributed by atoms with E-state index in [4.69, 9.17) is 0 Å². The standard InChI is InChI=1S/C7H14O3/c1-5(2)7(3,9)6(8)10-4/h5,9H,1-4H3. The van der Waals surface area contributed by atoms with Crippen LogP contribution in [0.4, 0.5) is 0 Å². The predicted octanol–water partition coefficient (Wildman–Crippen LogP) is 0.566. The van der Waals surface area contributed by atoms with Crippen LogP contribution in [0.25, 0.3) is 0 Å². The summed E-state index contributed by atoms with van der Waals surface area (Å²) in [5, 5.41) is 9.39. The van der Waals surface area contributed by atoms with E-state index in [1.165, 1.54) is 14.0 Å². The maximum atomic E-state index is 10.8. The molecular weight excluding hydrogens is 132 g/mol. The molecule has 0 amide bonds. The zero-order valence-corrected chi connectivity index (χ0v) is 6.84. The normalized spacial score (nSPS) is 16.6. The second-order valence-electron chi connectivity index (χ2n) is 2.79. The lowest BCUT2D eigenvalue weighted by Gasteiger charge is -2.23. The second kappa shape index (κ2) is 3.01. The van der Waals surface area contributed by atoms with Crippen molar-refractivity contribution in [3.8, 4) is 0 Å². The number of aliphatic hydroxyl groups is 1. The Hall–Kier alpha value is -0.570. The van der Waals surface area contributed by atoms with Crippen molar-refractivity contribution in [1.29, 1.82) is 0 Å². The van der Waals surface area contributed by atoms with E-state index < -0.39 is 11.6 Å². The van der Waals surface area contributed by atoms with Crippen molar-refractivity contribution < 1.29 is 14.6 Å². The SMILES string of the molecule is COC(=O)C(C)(O)C(C)C. The molecule has 1 N–H and O–H groups in total. The molecule has 0 saturated heterocycles. The Morgan fingerprint density at radius 2 is 2.00 bits per heavy atom. The van der Waals surface area contributed by atoms with E-state index in [1.807, 2.05) is 0 Å². The lowest BCUT2D eigenvalue weighted by Crippen LogP contribution is -2.41. The van der Waals surface area contributed by atoms with Crippen LogP contribution >= 0.6 is 0 Å². The zero-order chi connectivity index (χ0) is 8.36. The molecule has 10 heavy (non-hydrogen) atoms.